The van der Waals surface area contributed by atoms with Crippen molar-refractivity contribution in [2.45, 2.75) is 68.9 Å². The number of nitrogens with two attached hydrogens (primary N) is 5. The van der Waals surface area contributed by atoms with Gasteiger partial charge in [-0.25, -0.2) is 4.79 Å². The van der Waals surface area contributed by atoms with E-state index in [2.05, 4.69) is 77.8 Å². The summed E-state index contributed by atoms with van der Waals surface area (Å²) in [6.45, 7) is -1.45. The summed E-state index contributed by atoms with van der Waals surface area (Å²) >= 11 is 7.83. The lowest BCUT2D eigenvalue weighted by Gasteiger charge is -2.21. The summed E-state index contributed by atoms with van der Waals surface area (Å²) < 4.78 is 0. The monoisotopic (exact) mass is 865 g/mol. The molecule has 0 bridgehead atoms. The number of carbonyl (C=O) groups is 9. The summed E-state index contributed by atoms with van der Waals surface area (Å²) in [5.41, 5.74) is 26.8. The Bertz CT molecular complexity index is 1500. The summed E-state index contributed by atoms with van der Waals surface area (Å²) in [5, 5.41) is 37.1. The Kier molecular flexibility index (Phi) is 26.0. The van der Waals surface area contributed by atoms with Crippen LogP contribution in [0, 0.1) is 0 Å². The minimum Gasteiger partial charge on any atom is -0.480 e. The van der Waals surface area contributed by atoms with Crippen molar-refractivity contribution >= 4 is 90.4 Å². The van der Waals surface area contributed by atoms with Gasteiger partial charge in [0.2, 0.25) is 47.3 Å². The van der Waals surface area contributed by atoms with E-state index in [-0.39, 0.29) is 62.2 Å². The smallest absolute Gasteiger partial charge is 0.327 e. The van der Waals surface area contributed by atoms with E-state index >= 15 is 0 Å². The van der Waals surface area contributed by atoms with Crippen LogP contribution in [0.1, 0.15) is 32.6 Å². The standard InChI is InChI=1S/C30H55N15O11S2/c1-14(23(50)38-9-21(48)42-17(5-3-7-37-30(34)35)27(54)45-19(13-58)28(55)56)41-20(47)8-40-26(53)18(11-46)43-22(49)10-39-25(52)16(4-2-6-36-29(32)33)44-24(51)15(31)12-57/h14-19,46,57-58H,2-13,31H2,1H3,(H,38,50)(H,39,52)(H,40,53)(H,41,47)(H,42,48)(H,43,49)(H,44,51)(H,45,54)(H,55,56)(H4,32,33,36)(H4,34,35,37)/t14-,15-,16-,17-,18-,19-/m0/s1. The zero-order valence-electron chi connectivity index (χ0n) is 31.7. The van der Waals surface area contributed by atoms with Crippen LogP contribution >= 0.6 is 25.3 Å². The maximum absolute atomic E-state index is 12.8. The maximum atomic E-state index is 12.8. The van der Waals surface area contributed by atoms with E-state index in [0.29, 0.717) is 0 Å². The first kappa shape index (κ1) is 52.4. The summed E-state index contributed by atoms with van der Waals surface area (Å²) in [4.78, 5) is 119. The lowest BCUT2D eigenvalue weighted by molar-refractivity contribution is -0.141. The highest BCUT2D eigenvalue weighted by Gasteiger charge is 2.27. The third-order valence-electron chi connectivity index (χ3n) is 7.38. The third kappa shape index (κ3) is 22.8. The van der Waals surface area contributed by atoms with Gasteiger partial charge in [0.25, 0.3) is 0 Å². The topological polar surface area (TPSA) is 445 Å². The fourth-order valence-corrected chi connectivity index (χ4v) is 4.72. The van der Waals surface area contributed by atoms with Crippen molar-refractivity contribution in [3.8, 4) is 0 Å². The minimum atomic E-state index is -1.56. The molecule has 26 nitrogen and oxygen atoms in total. The second-order valence-electron chi connectivity index (χ2n) is 12.2. The van der Waals surface area contributed by atoms with Gasteiger partial charge in [0, 0.05) is 24.6 Å². The molecule has 0 unspecified atom stereocenters. The molecule has 0 saturated heterocycles. The van der Waals surface area contributed by atoms with Gasteiger partial charge < -0.3 is 81.4 Å². The molecule has 0 aromatic heterocycles. The van der Waals surface area contributed by atoms with Crippen molar-refractivity contribution in [2.75, 3.05) is 50.8 Å². The van der Waals surface area contributed by atoms with Gasteiger partial charge in [-0.15, -0.1) is 0 Å². The number of nitrogens with one attached hydrogen (secondary N) is 8. The Hall–Kier alpha value is -5.61. The molecule has 0 fully saturated rings. The second kappa shape index (κ2) is 28.7. The number of guanidine groups is 2. The lowest BCUT2D eigenvalue weighted by atomic mass is 10.1. The number of carboxylic acids is 1. The van der Waals surface area contributed by atoms with Crippen molar-refractivity contribution in [1.29, 1.82) is 0 Å². The van der Waals surface area contributed by atoms with E-state index in [1.54, 1.807) is 0 Å². The molecular formula is C30H55N15O11S2. The summed E-state index contributed by atoms with van der Waals surface area (Å²) in [6, 6.07) is -7.55. The van der Waals surface area contributed by atoms with Crippen molar-refractivity contribution in [2.24, 2.45) is 38.7 Å². The number of carbonyl (C=O) groups excluding carboxylic acids is 8. The van der Waals surface area contributed by atoms with Gasteiger partial charge in [-0.1, -0.05) is 0 Å². The molecular weight excluding hydrogens is 811 g/mol. The van der Waals surface area contributed by atoms with Crippen molar-refractivity contribution in [1.82, 2.24) is 42.5 Å². The molecule has 20 N–H and O–H groups in total. The Morgan fingerprint density at radius 2 is 0.983 bits per heavy atom. The molecule has 0 saturated carbocycles. The quantitative estimate of drug-likeness (QED) is 0.0150. The number of nitrogens with zero attached hydrogens (tertiary/aromatic N) is 2. The van der Waals surface area contributed by atoms with Gasteiger partial charge in [0.1, 0.15) is 30.2 Å². The summed E-state index contributed by atoms with van der Waals surface area (Å²) in [7, 11) is 0. The van der Waals surface area contributed by atoms with Gasteiger partial charge >= 0.3 is 5.97 Å². The van der Waals surface area contributed by atoms with E-state index in [0.717, 1.165) is 0 Å². The molecule has 0 aromatic carbocycles. The Morgan fingerprint density at radius 1 is 0.569 bits per heavy atom. The van der Waals surface area contributed by atoms with Crippen LogP contribution in [-0.2, 0) is 43.2 Å². The van der Waals surface area contributed by atoms with Crippen LogP contribution in [-0.4, -0.2) is 162 Å². The Balaban J connectivity index is 5.05. The average molecular weight is 866 g/mol. The molecule has 8 amide bonds. The van der Waals surface area contributed by atoms with Crippen LogP contribution in [0.2, 0.25) is 0 Å². The number of aliphatic carboxylic acids is 1. The molecule has 58 heavy (non-hydrogen) atoms. The van der Waals surface area contributed by atoms with Crippen molar-refractivity contribution in [3.05, 3.63) is 0 Å². The highest BCUT2D eigenvalue weighted by atomic mass is 32.1. The van der Waals surface area contributed by atoms with E-state index < -0.39 is 116 Å². The molecule has 0 aliphatic rings. The first-order valence-corrected chi connectivity index (χ1v) is 18.8. The summed E-state index contributed by atoms with van der Waals surface area (Å²) in [6.07, 6.45) is 0.538. The normalized spacial score (nSPS) is 13.6. The van der Waals surface area contributed by atoms with Crippen molar-refractivity contribution < 1.29 is 53.4 Å². The Labute approximate surface area is 344 Å². The predicted octanol–water partition coefficient (Wildman–Crippen LogP) is -8.85. The zero-order valence-corrected chi connectivity index (χ0v) is 33.5. The number of carboxylic acid groups (broad SMARTS) is 1. The van der Waals surface area contributed by atoms with E-state index in [4.69, 9.17) is 28.7 Å². The van der Waals surface area contributed by atoms with Gasteiger partial charge in [0.15, 0.2) is 11.9 Å². The molecule has 0 spiro atoms. The number of thiol groups is 2. The minimum absolute atomic E-state index is 0.00506. The van der Waals surface area contributed by atoms with Crippen LogP contribution in [0.5, 0.6) is 0 Å². The molecule has 6 atom stereocenters. The third-order valence-corrected chi connectivity index (χ3v) is 8.14. The molecule has 0 radical (unpaired) electrons. The van der Waals surface area contributed by atoms with E-state index in [1.165, 1.54) is 6.92 Å². The SMILES string of the molecule is C[C@H](NC(=O)CNC(=O)[C@H](CO)NC(=O)CNC(=O)[C@H](CCCN=C(N)N)NC(=O)[C@@H](N)CS)C(=O)NCC(=O)N[C@@H](CCCN=C(N)N)C(=O)N[C@@H](CS)C(=O)O. The number of aliphatic hydroxyl groups is 1. The highest BCUT2D eigenvalue weighted by Crippen LogP contribution is 2.02. The number of hydrogen-bond donors (Lipinski definition) is 17. The van der Waals surface area contributed by atoms with Gasteiger partial charge in [-0.3, -0.25) is 48.3 Å². The van der Waals surface area contributed by atoms with Crippen LogP contribution < -0.4 is 71.2 Å². The number of rotatable bonds is 28. The fourth-order valence-electron chi connectivity index (χ4n) is 4.31. The van der Waals surface area contributed by atoms with Crippen LogP contribution in [0.15, 0.2) is 9.98 Å². The first-order chi connectivity index (χ1) is 27.2. The predicted molar refractivity (Wildman–Crippen MR) is 215 cm³/mol. The lowest BCUT2D eigenvalue weighted by Crippen LogP contribution is -2.56. The molecule has 0 aromatic rings. The molecule has 328 valence electrons. The van der Waals surface area contributed by atoms with E-state index in [1.807, 2.05) is 0 Å². The van der Waals surface area contributed by atoms with Crippen LogP contribution in [0.3, 0.4) is 0 Å². The van der Waals surface area contributed by atoms with Gasteiger partial charge in [-0.2, -0.15) is 25.3 Å². The van der Waals surface area contributed by atoms with Gasteiger partial charge in [-0.05, 0) is 32.6 Å². The summed E-state index contributed by atoms with van der Waals surface area (Å²) in [5.74, 6) is -8.73. The van der Waals surface area contributed by atoms with Crippen LogP contribution in [0.4, 0.5) is 0 Å². The number of aliphatic imine (C=N–C) groups is 2. The molecule has 28 heteroatoms. The molecule has 0 rings (SSSR count). The number of aliphatic hydroxyl groups excluding tert-OH is 1. The average Bonchev–Trinajstić information content (AvgIpc) is 3.17. The fraction of sp³-hybridized carbons (Fsp3) is 0.633. The van der Waals surface area contributed by atoms with Gasteiger partial charge in [0.05, 0.1) is 32.3 Å². The van der Waals surface area contributed by atoms with Crippen molar-refractivity contribution in [3.63, 3.8) is 0 Å². The Morgan fingerprint density at radius 3 is 1.41 bits per heavy atom. The van der Waals surface area contributed by atoms with E-state index in [9.17, 15) is 53.4 Å². The van der Waals surface area contributed by atoms with Crippen LogP contribution in [0.25, 0.3) is 0 Å². The highest BCUT2D eigenvalue weighted by molar-refractivity contribution is 7.80. The molecule has 0 aliphatic heterocycles. The maximum Gasteiger partial charge on any atom is 0.327 e. The molecule has 0 heterocycles. The second-order valence-corrected chi connectivity index (χ2v) is 12.9. The molecule has 0 aliphatic carbocycles. The number of hydrogen-bond acceptors (Lipinski definition) is 15. The number of amides is 8. The first-order valence-electron chi connectivity index (χ1n) is 17.5. The zero-order chi connectivity index (χ0) is 44.4. The largest absolute Gasteiger partial charge is 0.480 e.